The van der Waals surface area contributed by atoms with Crippen molar-refractivity contribution in [3.05, 3.63) is 81.0 Å². The van der Waals surface area contributed by atoms with Crippen molar-refractivity contribution < 1.29 is 0 Å². The normalized spacial score (nSPS) is 16.4. The van der Waals surface area contributed by atoms with E-state index >= 15 is 0 Å². The molecule has 0 radical (unpaired) electrons. The fourth-order valence-corrected chi connectivity index (χ4v) is 3.34. The zero-order valence-corrected chi connectivity index (χ0v) is 15.1. The molecule has 1 atom stereocenters. The van der Waals surface area contributed by atoms with Gasteiger partial charge in [0.25, 0.3) is 0 Å². The summed E-state index contributed by atoms with van der Waals surface area (Å²) in [4.78, 5) is 4.33. The number of allylic oxidation sites excluding steroid dienone is 1. The van der Waals surface area contributed by atoms with Crippen LogP contribution in [0.15, 0.2) is 69.9 Å². The molecule has 1 aliphatic rings. The number of nitrogens with one attached hydrogen (secondary N) is 1. The first-order valence-electron chi connectivity index (χ1n) is 7.10. The van der Waals surface area contributed by atoms with E-state index in [1.165, 1.54) is 0 Å². The molecule has 0 bridgehead atoms. The summed E-state index contributed by atoms with van der Waals surface area (Å²) in [5.74, 6) is 0.746. The van der Waals surface area contributed by atoms with Crippen LogP contribution < -0.4 is 5.32 Å². The summed E-state index contributed by atoms with van der Waals surface area (Å²) in [7, 11) is 0. The van der Waals surface area contributed by atoms with Crippen LogP contribution >= 0.6 is 31.9 Å². The van der Waals surface area contributed by atoms with Crippen LogP contribution in [0.4, 0.5) is 5.95 Å². The number of hydrogen-bond donors (Lipinski definition) is 1. The lowest BCUT2D eigenvalue weighted by atomic mass is 10.0. The van der Waals surface area contributed by atoms with Crippen molar-refractivity contribution in [2.24, 2.45) is 0 Å². The molecule has 2 aromatic carbocycles. The van der Waals surface area contributed by atoms with Crippen molar-refractivity contribution in [2.75, 3.05) is 5.32 Å². The predicted molar refractivity (Wildman–Crippen MR) is 98.0 cm³/mol. The van der Waals surface area contributed by atoms with Crippen molar-refractivity contribution in [1.82, 2.24) is 14.8 Å². The highest BCUT2D eigenvalue weighted by atomic mass is 79.9. The molecule has 23 heavy (non-hydrogen) atoms. The number of nitrogens with zero attached hydrogens (tertiary/aromatic N) is 3. The summed E-state index contributed by atoms with van der Waals surface area (Å²) >= 11 is 7.01. The fourth-order valence-electron chi connectivity index (χ4n) is 2.66. The van der Waals surface area contributed by atoms with Crippen molar-refractivity contribution in [3.63, 3.8) is 0 Å². The average molecular weight is 432 g/mol. The first-order valence-corrected chi connectivity index (χ1v) is 8.69. The maximum Gasteiger partial charge on any atom is 0.226 e. The van der Waals surface area contributed by atoms with Gasteiger partial charge in [-0.05, 0) is 41.5 Å². The van der Waals surface area contributed by atoms with Crippen LogP contribution in [0.3, 0.4) is 0 Å². The standard InChI is InChI=1S/C17H12Br2N4/c18-13-6-4-11(5-7-13)15-9-16(12-2-1-3-14(19)8-12)23-17(22-15)20-10-21-23/h1-10,16H,(H,20,21,22). The molecular weight excluding hydrogens is 420 g/mol. The minimum absolute atomic E-state index is 0.00453. The lowest BCUT2D eigenvalue weighted by molar-refractivity contribution is 0.611. The number of hydrogen-bond acceptors (Lipinski definition) is 3. The lowest BCUT2D eigenvalue weighted by Gasteiger charge is -2.24. The topological polar surface area (TPSA) is 42.7 Å². The van der Waals surface area contributed by atoms with Crippen molar-refractivity contribution >= 4 is 43.5 Å². The van der Waals surface area contributed by atoms with Gasteiger partial charge in [-0.15, -0.1) is 0 Å². The highest BCUT2D eigenvalue weighted by molar-refractivity contribution is 9.10. The van der Waals surface area contributed by atoms with Crippen LogP contribution in [-0.4, -0.2) is 14.8 Å². The first kappa shape index (κ1) is 14.7. The van der Waals surface area contributed by atoms with Gasteiger partial charge in [0.2, 0.25) is 5.95 Å². The third kappa shape index (κ3) is 2.84. The van der Waals surface area contributed by atoms with Gasteiger partial charge in [-0.25, -0.2) is 4.68 Å². The summed E-state index contributed by atoms with van der Waals surface area (Å²) in [5.41, 5.74) is 3.30. The summed E-state index contributed by atoms with van der Waals surface area (Å²) in [6.45, 7) is 0. The Balaban J connectivity index is 1.81. The van der Waals surface area contributed by atoms with E-state index in [2.05, 4.69) is 77.6 Å². The Morgan fingerprint density at radius 3 is 2.61 bits per heavy atom. The summed E-state index contributed by atoms with van der Waals surface area (Å²) in [6.07, 6.45) is 3.75. The van der Waals surface area contributed by atoms with Gasteiger partial charge in [0, 0.05) is 14.6 Å². The van der Waals surface area contributed by atoms with Gasteiger partial charge in [-0.1, -0.05) is 56.1 Å². The molecule has 4 nitrogen and oxygen atoms in total. The molecule has 4 rings (SSSR count). The number of anilines is 1. The molecule has 0 spiro atoms. The Kier molecular flexibility index (Phi) is 3.79. The smallest absolute Gasteiger partial charge is 0.226 e. The second-order valence-electron chi connectivity index (χ2n) is 5.24. The molecular formula is C17H12Br2N4. The van der Waals surface area contributed by atoms with Crippen LogP contribution in [0.2, 0.25) is 0 Å². The lowest BCUT2D eigenvalue weighted by Crippen LogP contribution is -2.20. The Hall–Kier alpha value is -1.92. The molecule has 0 aliphatic carbocycles. The Labute approximate surface area is 150 Å². The SMILES string of the molecule is Brc1ccc(C2=CC(c3cccc(Br)c3)n3ncnc3N2)cc1. The van der Waals surface area contributed by atoms with E-state index in [4.69, 9.17) is 0 Å². The molecule has 1 unspecified atom stereocenters. The molecule has 6 heteroatoms. The van der Waals surface area contributed by atoms with E-state index in [0.29, 0.717) is 0 Å². The molecule has 114 valence electrons. The van der Waals surface area contributed by atoms with Crippen LogP contribution in [-0.2, 0) is 0 Å². The third-order valence-corrected chi connectivity index (χ3v) is 4.77. The van der Waals surface area contributed by atoms with Crippen LogP contribution in [0.25, 0.3) is 5.70 Å². The van der Waals surface area contributed by atoms with E-state index in [0.717, 1.165) is 31.7 Å². The first-order chi connectivity index (χ1) is 11.2. The number of benzene rings is 2. The second-order valence-corrected chi connectivity index (χ2v) is 7.07. The van der Waals surface area contributed by atoms with Gasteiger partial charge in [-0.2, -0.15) is 10.1 Å². The molecule has 1 aliphatic heterocycles. The average Bonchev–Trinajstić information content (AvgIpc) is 3.03. The number of fused-ring (bicyclic) bond motifs is 1. The monoisotopic (exact) mass is 430 g/mol. The van der Waals surface area contributed by atoms with Gasteiger partial charge in [0.1, 0.15) is 12.4 Å². The Morgan fingerprint density at radius 2 is 1.83 bits per heavy atom. The van der Waals surface area contributed by atoms with E-state index in [1.807, 2.05) is 28.9 Å². The Bertz CT molecular complexity index is 884. The highest BCUT2D eigenvalue weighted by Gasteiger charge is 2.23. The van der Waals surface area contributed by atoms with Crippen LogP contribution in [0.5, 0.6) is 0 Å². The zero-order valence-electron chi connectivity index (χ0n) is 11.9. The second kappa shape index (κ2) is 5.94. The molecule has 3 aromatic rings. The molecule has 0 saturated carbocycles. The highest BCUT2D eigenvalue weighted by Crippen LogP contribution is 2.33. The number of halogens is 2. The van der Waals surface area contributed by atoms with E-state index in [9.17, 15) is 0 Å². The summed E-state index contributed by atoms with van der Waals surface area (Å²) < 4.78 is 4.00. The van der Waals surface area contributed by atoms with Gasteiger partial charge >= 0.3 is 0 Å². The van der Waals surface area contributed by atoms with Crippen LogP contribution in [0, 0.1) is 0 Å². The molecule has 1 N–H and O–H groups in total. The van der Waals surface area contributed by atoms with E-state index < -0.39 is 0 Å². The van der Waals surface area contributed by atoms with Gasteiger partial charge in [-0.3, -0.25) is 0 Å². The van der Waals surface area contributed by atoms with E-state index in [-0.39, 0.29) is 6.04 Å². The Morgan fingerprint density at radius 1 is 1.00 bits per heavy atom. The largest absolute Gasteiger partial charge is 0.324 e. The maximum absolute atomic E-state index is 4.36. The molecule has 0 fully saturated rings. The van der Waals surface area contributed by atoms with Gasteiger partial charge in [0.05, 0.1) is 0 Å². The van der Waals surface area contributed by atoms with Gasteiger partial charge in [0.15, 0.2) is 0 Å². The zero-order chi connectivity index (χ0) is 15.8. The number of aromatic nitrogens is 3. The molecule has 0 saturated heterocycles. The van der Waals surface area contributed by atoms with Crippen molar-refractivity contribution in [1.29, 1.82) is 0 Å². The van der Waals surface area contributed by atoms with Gasteiger partial charge < -0.3 is 5.32 Å². The van der Waals surface area contributed by atoms with Crippen molar-refractivity contribution in [3.8, 4) is 0 Å². The fraction of sp³-hybridized carbons (Fsp3) is 0.0588. The molecule has 0 amide bonds. The molecule has 2 heterocycles. The van der Waals surface area contributed by atoms with Crippen LogP contribution in [0.1, 0.15) is 17.2 Å². The summed E-state index contributed by atoms with van der Waals surface area (Å²) in [5, 5.41) is 7.71. The van der Waals surface area contributed by atoms with E-state index in [1.54, 1.807) is 6.33 Å². The summed E-state index contributed by atoms with van der Waals surface area (Å²) in [6, 6.07) is 16.5. The number of rotatable bonds is 2. The quantitative estimate of drug-likeness (QED) is 0.630. The minimum atomic E-state index is 0.00453. The third-order valence-electron chi connectivity index (χ3n) is 3.75. The predicted octanol–water partition coefficient (Wildman–Crippen LogP) is 4.86. The minimum Gasteiger partial charge on any atom is -0.324 e. The maximum atomic E-state index is 4.36. The molecule has 1 aromatic heterocycles. The van der Waals surface area contributed by atoms with Crippen molar-refractivity contribution in [2.45, 2.75) is 6.04 Å².